The van der Waals surface area contributed by atoms with Crippen LogP contribution in [-0.4, -0.2) is 43.0 Å². The van der Waals surface area contributed by atoms with Gasteiger partial charge in [0.15, 0.2) is 0 Å². The second-order valence-electron chi connectivity index (χ2n) is 6.53. The molecule has 1 aliphatic carbocycles. The molecule has 2 fully saturated rings. The summed E-state index contributed by atoms with van der Waals surface area (Å²) in [6.45, 7) is 0.575. The van der Waals surface area contributed by atoms with Crippen molar-refractivity contribution in [1.29, 1.82) is 0 Å². The molecule has 1 aromatic heterocycles. The Bertz CT molecular complexity index is 693. The Morgan fingerprint density at radius 2 is 1.91 bits per heavy atom. The summed E-state index contributed by atoms with van der Waals surface area (Å²) in [5, 5.41) is 0. The van der Waals surface area contributed by atoms with E-state index in [-0.39, 0.29) is 16.6 Å². The number of carbonyl (C=O) groups excluding carboxylic acids is 1. The highest BCUT2D eigenvalue weighted by Gasteiger charge is 2.40. The topological polar surface area (TPSA) is 68.6 Å². The van der Waals surface area contributed by atoms with E-state index in [1.165, 1.54) is 30.4 Å². The number of methoxy groups -OCH3 is 1. The van der Waals surface area contributed by atoms with Crippen molar-refractivity contribution >= 4 is 16.0 Å². The molecule has 2 heterocycles. The molecule has 128 valence electrons. The van der Waals surface area contributed by atoms with Gasteiger partial charge in [-0.15, -0.1) is 0 Å². The Kier molecular flexibility index (Phi) is 4.51. The van der Waals surface area contributed by atoms with Crippen molar-refractivity contribution in [2.24, 2.45) is 13.0 Å². The van der Waals surface area contributed by atoms with Gasteiger partial charge in [-0.05, 0) is 37.7 Å². The lowest BCUT2D eigenvalue weighted by atomic mass is 9.79. The number of esters is 1. The molecule has 0 spiro atoms. The standard InChI is InChI=1S/C16H24N2O4S/c1-17-11-13(10-15(17)16(19)22-2)23(20,21)18-9-5-7-12-6-3-4-8-14(12)18/h10-12,14H,3-9H2,1-2H3/t12-,14-/m0/s1. The number of piperidine rings is 1. The van der Waals surface area contributed by atoms with Crippen LogP contribution in [0.5, 0.6) is 0 Å². The van der Waals surface area contributed by atoms with Gasteiger partial charge in [0, 0.05) is 25.8 Å². The van der Waals surface area contributed by atoms with Crippen molar-refractivity contribution in [2.45, 2.75) is 49.5 Å². The third-order valence-electron chi connectivity index (χ3n) is 5.17. The van der Waals surface area contributed by atoms with Crippen LogP contribution in [0.2, 0.25) is 0 Å². The van der Waals surface area contributed by atoms with Crippen LogP contribution in [0.15, 0.2) is 17.2 Å². The maximum absolute atomic E-state index is 13.1. The van der Waals surface area contributed by atoms with E-state index in [1.54, 1.807) is 11.4 Å². The van der Waals surface area contributed by atoms with E-state index in [4.69, 9.17) is 4.74 Å². The summed E-state index contributed by atoms with van der Waals surface area (Å²) in [5.41, 5.74) is 0.253. The second kappa shape index (κ2) is 6.28. The van der Waals surface area contributed by atoms with Crippen LogP contribution in [0.1, 0.15) is 49.0 Å². The summed E-state index contributed by atoms with van der Waals surface area (Å²) >= 11 is 0. The fraction of sp³-hybridized carbons (Fsp3) is 0.688. The molecule has 2 atom stereocenters. The molecule has 0 N–H and O–H groups in total. The Hall–Kier alpha value is -1.34. The van der Waals surface area contributed by atoms with E-state index in [0.29, 0.717) is 12.5 Å². The van der Waals surface area contributed by atoms with Crippen LogP contribution < -0.4 is 0 Å². The average Bonchev–Trinajstić information content (AvgIpc) is 2.96. The van der Waals surface area contributed by atoms with E-state index in [0.717, 1.165) is 32.1 Å². The minimum atomic E-state index is -3.57. The average molecular weight is 340 g/mol. The SMILES string of the molecule is COC(=O)c1cc(S(=O)(=O)N2CCC[C@@H]3CCCC[C@@H]32)cn1C. The fourth-order valence-corrected chi connectivity index (χ4v) is 5.82. The number of hydrogen-bond acceptors (Lipinski definition) is 4. The van der Waals surface area contributed by atoms with Crippen LogP contribution in [0.25, 0.3) is 0 Å². The van der Waals surface area contributed by atoms with Gasteiger partial charge in [-0.25, -0.2) is 13.2 Å². The molecule has 1 aromatic rings. The Labute approximate surface area is 137 Å². The van der Waals surface area contributed by atoms with Crippen LogP contribution in [0, 0.1) is 5.92 Å². The molecule has 7 heteroatoms. The van der Waals surface area contributed by atoms with Gasteiger partial charge in [-0.1, -0.05) is 12.8 Å². The monoisotopic (exact) mass is 340 g/mol. The number of rotatable bonds is 3. The number of carbonyl (C=O) groups is 1. The molecular formula is C16H24N2O4S. The summed E-state index contributed by atoms with van der Waals surface area (Å²) < 4.78 is 34.1. The van der Waals surface area contributed by atoms with Gasteiger partial charge in [-0.3, -0.25) is 0 Å². The summed E-state index contributed by atoms with van der Waals surface area (Å²) in [4.78, 5) is 11.9. The molecule has 0 unspecified atom stereocenters. The number of ether oxygens (including phenoxy) is 1. The van der Waals surface area contributed by atoms with E-state index in [2.05, 4.69) is 0 Å². The van der Waals surface area contributed by atoms with Crippen LogP contribution >= 0.6 is 0 Å². The number of sulfonamides is 1. The smallest absolute Gasteiger partial charge is 0.354 e. The minimum absolute atomic E-state index is 0.115. The van der Waals surface area contributed by atoms with Crippen molar-refractivity contribution in [3.05, 3.63) is 18.0 Å². The number of fused-ring (bicyclic) bond motifs is 1. The lowest BCUT2D eigenvalue weighted by Crippen LogP contribution is -2.49. The van der Waals surface area contributed by atoms with Crippen LogP contribution in [-0.2, 0) is 21.8 Å². The Balaban J connectivity index is 1.93. The number of aromatic nitrogens is 1. The fourth-order valence-electron chi connectivity index (χ4n) is 4.00. The highest BCUT2D eigenvalue weighted by atomic mass is 32.2. The van der Waals surface area contributed by atoms with Crippen molar-refractivity contribution in [2.75, 3.05) is 13.7 Å². The lowest BCUT2D eigenvalue weighted by Gasteiger charge is -2.42. The molecule has 0 aromatic carbocycles. The van der Waals surface area contributed by atoms with Crippen LogP contribution in [0.3, 0.4) is 0 Å². The molecular weight excluding hydrogens is 316 g/mol. The molecule has 2 aliphatic rings. The first-order valence-electron chi connectivity index (χ1n) is 8.21. The Morgan fingerprint density at radius 3 is 2.65 bits per heavy atom. The lowest BCUT2D eigenvalue weighted by molar-refractivity contribution is 0.0590. The van der Waals surface area contributed by atoms with E-state index in [1.807, 2.05) is 0 Å². The zero-order valence-electron chi connectivity index (χ0n) is 13.7. The molecule has 0 amide bonds. The first-order valence-corrected chi connectivity index (χ1v) is 9.65. The number of hydrogen-bond donors (Lipinski definition) is 0. The van der Waals surface area contributed by atoms with Crippen molar-refractivity contribution in [3.63, 3.8) is 0 Å². The van der Waals surface area contributed by atoms with E-state index in [9.17, 15) is 13.2 Å². The van der Waals surface area contributed by atoms with Gasteiger partial charge in [-0.2, -0.15) is 4.31 Å². The molecule has 3 rings (SSSR count). The zero-order valence-corrected chi connectivity index (χ0v) is 14.5. The largest absolute Gasteiger partial charge is 0.464 e. The maximum atomic E-state index is 13.1. The zero-order chi connectivity index (χ0) is 16.6. The molecule has 0 bridgehead atoms. The number of aryl methyl sites for hydroxylation is 1. The highest BCUT2D eigenvalue weighted by Crippen LogP contribution is 2.38. The highest BCUT2D eigenvalue weighted by molar-refractivity contribution is 7.89. The summed E-state index contributed by atoms with van der Waals surface area (Å²) in [7, 11) is -0.621. The molecule has 6 nitrogen and oxygen atoms in total. The predicted molar refractivity (Wildman–Crippen MR) is 85.6 cm³/mol. The molecule has 23 heavy (non-hydrogen) atoms. The quantitative estimate of drug-likeness (QED) is 0.791. The van der Waals surface area contributed by atoms with Crippen LogP contribution in [0.4, 0.5) is 0 Å². The molecule has 1 saturated heterocycles. The first-order chi connectivity index (χ1) is 10.9. The summed E-state index contributed by atoms with van der Waals surface area (Å²) in [5.74, 6) is -0.0424. The van der Waals surface area contributed by atoms with E-state index < -0.39 is 16.0 Å². The second-order valence-corrected chi connectivity index (χ2v) is 8.42. The molecule has 1 aliphatic heterocycles. The van der Waals surface area contributed by atoms with Gasteiger partial charge in [0.05, 0.1) is 7.11 Å². The molecule has 0 radical (unpaired) electrons. The predicted octanol–water partition coefficient (Wildman–Crippen LogP) is 2.16. The van der Waals surface area contributed by atoms with Gasteiger partial charge in [0.1, 0.15) is 10.6 Å². The van der Waals surface area contributed by atoms with Gasteiger partial charge < -0.3 is 9.30 Å². The summed E-state index contributed by atoms with van der Waals surface area (Å²) in [6.07, 6.45) is 7.91. The third-order valence-corrected chi connectivity index (χ3v) is 7.06. The normalized spacial score (nSPS) is 25.8. The van der Waals surface area contributed by atoms with Crippen molar-refractivity contribution < 1.29 is 17.9 Å². The first kappa shape index (κ1) is 16.5. The summed E-state index contributed by atoms with van der Waals surface area (Å²) in [6, 6.07) is 1.54. The van der Waals surface area contributed by atoms with Gasteiger partial charge in [0.25, 0.3) is 0 Å². The third kappa shape index (κ3) is 2.92. The van der Waals surface area contributed by atoms with E-state index >= 15 is 0 Å². The van der Waals surface area contributed by atoms with Crippen molar-refractivity contribution in [1.82, 2.24) is 8.87 Å². The maximum Gasteiger partial charge on any atom is 0.354 e. The van der Waals surface area contributed by atoms with Gasteiger partial charge >= 0.3 is 5.97 Å². The minimum Gasteiger partial charge on any atom is -0.464 e. The Morgan fingerprint density at radius 1 is 1.22 bits per heavy atom. The van der Waals surface area contributed by atoms with Gasteiger partial charge in [0.2, 0.25) is 10.0 Å². The molecule has 1 saturated carbocycles. The number of nitrogens with zero attached hydrogens (tertiary/aromatic N) is 2. The van der Waals surface area contributed by atoms with Crippen molar-refractivity contribution in [3.8, 4) is 0 Å².